The minimum absolute atomic E-state index is 0.327. The summed E-state index contributed by atoms with van der Waals surface area (Å²) in [7, 11) is 1.31. The van der Waals surface area contributed by atoms with Crippen molar-refractivity contribution in [3.63, 3.8) is 0 Å². The van der Waals surface area contributed by atoms with Crippen molar-refractivity contribution in [1.29, 1.82) is 0 Å². The number of aromatic nitrogens is 2. The molecule has 1 aliphatic heterocycles. The summed E-state index contributed by atoms with van der Waals surface area (Å²) in [6, 6.07) is 10.2. The van der Waals surface area contributed by atoms with E-state index in [0.717, 1.165) is 30.6 Å². The quantitative estimate of drug-likeness (QED) is 0.0627. The lowest BCUT2D eigenvalue weighted by molar-refractivity contribution is -0.117. The number of nitrogens with two attached hydrogens (primary N) is 1. The van der Waals surface area contributed by atoms with Crippen LogP contribution < -0.4 is 26.8 Å². The number of hydrogen-bond acceptors (Lipinski definition) is 8. The van der Waals surface area contributed by atoms with Crippen molar-refractivity contribution in [2.75, 3.05) is 29.3 Å². The molecule has 12 nitrogen and oxygen atoms in total. The van der Waals surface area contributed by atoms with E-state index >= 15 is 0 Å². The number of fused-ring (bicyclic) bond motifs is 4. The number of hydrazine groups is 1. The Kier molecular flexibility index (Phi) is 10.5. The van der Waals surface area contributed by atoms with E-state index in [1.54, 1.807) is 36.5 Å². The van der Waals surface area contributed by atoms with E-state index in [2.05, 4.69) is 43.9 Å². The van der Waals surface area contributed by atoms with Gasteiger partial charge in [-0.25, -0.2) is 15.6 Å². The van der Waals surface area contributed by atoms with Gasteiger partial charge in [-0.3, -0.25) is 15.1 Å². The Labute approximate surface area is 248 Å². The standard InChI is InChI=1S/C29H32ClN9O3/c1-32-35-18-39(31)26-12-9-20(30)15-19(26)8-13-27(40)37-23-7-5-3-4-6-14-33-24-16-21(36-29(41)42-2)10-11-22(24)25-17-34-28(23)38-25/h3,5,8-13,15-18,23,33H,1,4,6-7,14,31H2,2H3,(H,34,38)(H,36,41)(H,37,40)/b5-3-,13-8+,35-18-/t23-/m0/s1. The second-order valence-corrected chi connectivity index (χ2v) is 9.64. The van der Waals surface area contributed by atoms with Gasteiger partial charge in [-0.05, 0) is 61.7 Å². The highest BCUT2D eigenvalue weighted by atomic mass is 35.5. The number of halogens is 1. The summed E-state index contributed by atoms with van der Waals surface area (Å²) in [5.41, 5.74) is 4.12. The number of allylic oxidation sites excluding steroid dienone is 1. The number of nitrogens with zero attached hydrogens (tertiary/aromatic N) is 4. The van der Waals surface area contributed by atoms with Crippen LogP contribution in [0.25, 0.3) is 17.3 Å². The average Bonchev–Trinajstić information content (AvgIpc) is 3.47. The Balaban J connectivity index is 1.57. The molecule has 0 aliphatic carbocycles. The van der Waals surface area contributed by atoms with Gasteiger partial charge in [0.2, 0.25) is 5.91 Å². The first-order chi connectivity index (χ1) is 20.4. The molecule has 0 unspecified atom stereocenters. The van der Waals surface area contributed by atoms with E-state index in [-0.39, 0.29) is 5.91 Å². The summed E-state index contributed by atoms with van der Waals surface area (Å²) in [6.45, 7) is 4.02. The van der Waals surface area contributed by atoms with E-state index in [1.807, 2.05) is 18.2 Å². The van der Waals surface area contributed by atoms with Crippen LogP contribution in [0.3, 0.4) is 0 Å². The monoisotopic (exact) mass is 589 g/mol. The molecule has 2 amide bonds. The zero-order chi connectivity index (χ0) is 29.9. The van der Waals surface area contributed by atoms with Crippen LogP contribution in [0, 0.1) is 0 Å². The van der Waals surface area contributed by atoms with Crippen LogP contribution in [0.2, 0.25) is 5.02 Å². The van der Waals surface area contributed by atoms with Crippen LogP contribution >= 0.6 is 11.6 Å². The smallest absolute Gasteiger partial charge is 0.411 e. The van der Waals surface area contributed by atoms with Gasteiger partial charge in [0.05, 0.1) is 24.5 Å². The van der Waals surface area contributed by atoms with Crippen LogP contribution in [0.5, 0.6) is 0 Å². The molecular formula is C29H32ClN9O3. The van der Waals surface area contributed by atoms with E-state index in [0.29, 0.717) is 39.9 Å². The summed E-state index contributed by atoms with van der Waals surface area (Å²) in [5, 5.41) is 18.0. The van der Waals surface area contributed by atoms with Gasteiger partial charge in [0.15, 0.2) is 0 Å². The summed E-state index contributed by atoms with van der Waals surface area (Å²) >= 11 is 6.19. The Hall–Kier alpha value is -4.94. The maximum Gasteiger partial charge on any atom is 0.411 e. The van der Waals surface area contributed by atoms with Gasteiger partial charge in [0, 0.05) is 53.1 Å². The van der Waals surface area contributed by atoms with E-state index in [9.17, 15) is 9.59 Å². The van der Waals surface area contributed by atoms with Crippen LogP contribution in [0.4, 0.5) is 21.9 Å². The maximum absolute atomic E-state index is 13.1. The van der Waals surface area contributed by atoms with Gasteiger partial charge < -0.3 is 20.4 Å². The van der Waals surface area contributed by atoms with Gasteiger partial charge in [-0.15, -0.1) is 5.10 Å². The van der Waals surface area contributed by atoms with Crippen molar-refractivity contribution in [3.05, 3.63) is 77.2 Å². The van der Waals surface area contributed by atoms with Crippen LogP contribution in [0.1, 0.15) is 36.7 Å². The lowest BCUT2D eigenvalue weighted by Crippen LogP contribution is -2.29. The predicted molar refractivity (Wildman–Crippen MR) is 168 cm³/mol. The Morgan fingerprint density at radius 1 is 1.26 bits per heavy atom. The first kappa shape index (κ1) is 30.0. The number of H-pyrrole nitrogens is 1. The number of anilines is 3. The van der Waals surface area contributed by atoms with E-state index in [1.165, 1.54) is 24.5 Å². The molecule has 1 aliphatic rings. The van der Waals surface area contributed by atoms with Crippen molar-refractivity contribution in [2.45, 2.75) is 25.3 Å². The number of ether oxygens (including phenoxy) is 1. The molecule has 218 valence electrons. The van der Waals surface area contributed by atoms with Crippen molar-refractivity contribution in [2.24, 2.45) is 16.0 Å². The minimum Gasteiger partial charge on any atom is -0.453 e. The third-order valence-electron chi connectivity index (χ3n) is 6.31. The number of imidazole rings is 1. The highest BCUT2D eigenvalue weighted by Crippen LogP contribution is 2.31. The Morgan fingerprint density at radius 3 is 2.93 bits per heavy atom. The summed E-state index contributed by atoms with van der Waals surface area (Å²) in [5.74, 6) is 6.32. The van der Waals surface area contributed by atoms with Crippen LogP contribution in [-0.2, 0) is 9.53 Å². The molecule has 0 spiro atoms. The molecule has 2 aromatic carbocycles. The SMILES string of the molecule is C=N/N=C\N(N)c1ccc(Cl)cc1/C=C/C(=O)N[C@H]1C/C=C\CCCNc2cc(NC(=O)OC)ccc2-c2c[nH]c1n2. The lowest BCUT2D eigenvalue weighted by Gasteiger charge is -2.16. The predicted octanol–water partition coefficient (Wildman–Crippen LogP) is 5.26. The number of carbonyl (C=O) groups is 2. The fourth-order valence-corrected chi connectivity index (χ4v) is 4.46. The highest BCUT2D eigenvalue weighted by molar-refractivity contribution is 6.30. The molecule has 13 heteroatoms. The summed E-state index contributed by atoms with van der Waals surface area (Å²) < 4.78 is 4.71. The third kappa shape index (κ3) is 8.05. The summed E-state index contributed by atoms with van der Waals surface area (Å²) in [4.78, 5) is 32.8. The molecule has 0 saturated heterocycles. The highest BCUT2D eigenvalue weighted by Gasteiger charge is 2.19. The molecule has 4 rings (SSSR count). The van der Waals surface area contributed by atoms with Crippen LogP contribution in [-0.4, -0.2) is 48.7 Å². The second-order valence-electron chi connectivity index (χ2n) is 9.20. The number of amides is 2. The van der Waals surface area contributed by atoms with E-state index in [4.69, 9.17) is 27.2 Å². The molecular weight excluding hydrogens is 558 g/mol. The second kappa shape index (κ2) is 14.6. The molecule has 1 atom stereocenters. The molecule has 1 aromatic heterocycles. The van der Waals surface area contributed by atoms with Crippen molar-refractivity contribution in [3.8, 4) is 11.3 Å². The van der Waals surface area contributed by atoms with Crippen molar-refractivity contribution < 1.29 is 14.3 Å². The van der Waals surface area contributed by atoms with Gasteiger partial charge in [-0.2, -0.15) is 5.10 Å². The van der Waals surface area contributed by atoms with Gasteiger partial charge in [-0.1, -0.05) is 23.8 Å². The Bertz CT molecular complexity index is 1520. The fraction of sp³-hybridized carbons (Fsp3) is 0.207. The number of methoxy groups -OCH3 is 1. The number of rotatable bonds is 7. The molecule has 3 aromatic rings. The number of hydrogen-bond donors (Lipinski definition) is 5. The summed E-state index contributed by atoms with van der Waals surface area (Å²) in [6.07, 6.45) is 12.0. The van der Waals surface area contributed by atoms with Gasteiger partial charge in [0.1, 0.15) is 12.2 Å². The third-order valence-corrected chi connectivity index (χ3v) is 6.55. The first-order valence-corrected chi connectivity index (χ1v) is 13.5. The van der Waals surface area contributed by atoms with Crippen molar-refractivity contribution >= 4 is 59.8 Å². The zero-order valence-electron chi connectivity index (χ0n) is 23.0. The maximum atomic E-state index is 13.1. The number of benzene rings is 2. The normalized spacial score (nSPS) is 15.8. The molecule has 6 N–H and O–H groups in total. The average molecular weight is 590 g/mol. The molecule has 2 heterocycles. The van der Waals surface area contributed by atoms with Gasteiger partial charge >= 0.3 is 6.09 Å². The largest absolute Gasteiger partial charge is 0.453 e. The molecule has 42 heavy (non-hydrogen) atoms. The Morgan fingerprint density at radius 2 is 2.12 bits per heavy atom. The van der Waals surface area contributed by atoms with E-state index < -0.39 is 12.1 Å². The number of aromatic amines is 1. The number of carbonyl (C=O) groups excluding carboxylic acids is 2. The topological polar surface area (TPSA) is 162 Å². The molecule has 2 bridgehead atoms. The lowest BCUT2D eigenvalue weighted by atomic mass is 10.1. The van der Waals surface area contributed by atoms with Crippen LogP contribution in [0.15, 0.2) is 71.0 Å². The fourth-order valence-electron chi connectivity index (χ4n) is 4.28. The molecule has 0 fully saturated rings. The molecule has 0 radical (unpaired) electrons. The first-order valence-electron chi connectivity index (χ1n) is 13.1. The van der Waals surface area contributed by atoms with Crippen molar-refractivity contribution in [1.82, 2.24) is 15.3 Å². The minimum atomic E-state index is -0.551. The van der Waals surface area contributed by atoms with Gasteiger partial charge in [0.25, 0.3) is 0 Å². The number of nitrogens with one attached hydrogen (secondary N) is 4. The zero-order valence-corrected chi connectivity index (χ0v) is 23.8. The molecule has 0 saturated carbocycles.